The minimum absolute atomic E-state index is 0.00841. The van der Waals surface area contributed by atoms with Gasteiger partial charge in [-0.25, -0.2) is 0 Å². The molecule has 0 rings (SSSR count). The second-order valence-corrected chi connectivity index (χ2v) is 21.3. The van der Waals surface area contributed by atoms with Gasteiger partial charge >= 0.3 is 228 Å². The Hall–Kier alpha value is -0.610. The van der Waals surface area contributed by atoms with Crippen LogP contribution >= 0.6 is 0 Å². The van der Waals surface area contributed by atoms with Gasteiger partial charge in [0.05, 0.1) is 6.61 Å². The average Bonchev–Trinajstić information content (AvgIpc) is 3.05. The van der Waals surface area contributed by atoms with Gasteiger partial charge in [-0.1, -0.05) is 65.7 Å². The number of ether oxygens (including phenoxy) is 3. The number of alkyl halides is 2. The van der Waals surface area contributed by atoms with Gasteiger partial charge in [0.2, 0.25) is 0 Å². The number of esters is 1. The van der Waals surface area contributed by atoms with E-state index in [9.17, 15) is 14.7 Å². The molecule has 0 fully saturated rings. The first-order valence-electron chi connectivity index (χ1n) is 21.6. The fourth-order valence-electron chi connectivity index (χ4n) is 6.50. The number of rotatable bonds is 35. The van der Waals surface area contributed by atoms with Crippen LogP contribution in [0.1, 0.15) is 216 Å². The predicted octanol–water partition coefficient (Wildman–Crippen LogP) is 9.60. The fourth-order valence-corrected chi connectivity index (χ4v) is 8.48. The quantitative estimate of drug-likeness (QED) is 0.0224. The van der Waals surface area contributed by atoms with Crippen LogP contribution in [0.2, 0.25) is 0 Å². The summed E-state index contributed by atoms with van der Waals surface area (Å²) in [4.78, 5) is 27.8. The molecule has 52 heavy (non-hydrogen) atoms. The third-order valence-electron chi connectivity index (χ3n) is 10.7. The average molecular weight is 853 g/mol. The summed E-state index contributed by atoms with van der Waals surface area (Å²) in [6, 6.07) is 0. The molecule has 0 heterocycles. The van der Waals surface area contributed by atoms with E-state index < -0.39 is 36.6 Å². The van der Waals surface area contributed by atoms with Gasteiger partial charge in [-0.15, -0.1) is 0 Å². The zero-order valence-electron chi connectivity index (χ0n) is 36.1. The van der Waals surface area contributed by atoms with Gasteiger partial charge in [0.1, 0.15) is 0 Å². The van der Waals surface area contributed by atoms with Crippen LogP contribution in [-0.2, 0) is 19.0 Å². The Morgan fingerprint density at radius 1 is 0.654 bits per heavy atom. The summed E-state index contributed by atoms with van der Waals surface area (Å²) in [7, 11) is 2.08. The Morgan fingerprint density at radius 2 is 1.12 bits per heavy atom. The zero-order chi connectivity index (χ0) is 39.3. The van der Waals surface area contributed by atoms with E-state index in [1.165, 1.54) is 77.0 Å². The number of carbonyl (C=O) groups excluding carboxylic acids is 2. The number of aliphatic hydroxyl groups is 1. The van der Waals surface area contributed by atoms with Crippen molar-refractivity contribution in [2.45, 2.75) is 232 Å². The van der Waals surface area contributed by atoms with Crippen molar-refractivity contribution in [3.63, 3.8) is 0 Å². The number of carbonyl (C=O) groups is 2. The molecule has 0 amide bonds. The summed E-state index contributed by atoms with van der Waals surface area (Å²) in [5.41, 5.74) is -1.03. The van der Waals surface area contributed by atoms with Gasteiger partial charge < -0.3 is 4.74 Å². The van der Waals surface area contributed by atoms with Crippen LogP contribution in [0.3, 0.4) is 0 Å². The van der Waals surface area contributed by atoms with Crippen LogP contribution in [0, 0.1) is 11.3 Å². The molecule has 0 aliphatic rings. The minimum atomic E-state index is -0.777. The number of nitrogens with zero attached hydrogens (tertiary/aromatic N) is 1. The molecule has 8 heteroatoms. The molecule has 1 N–H and O–H groups in total. The molecule has 0 bridgehead atoms. The maximum atomic E-state index is 13.0. The third-order valence-corrected chi connectivity index (χ3v) is 14.3. The van der Waals surface area contributed by atoms with Crippen molar-refractivity contribution >= 4 is 12.1 Å². The maximum absolute atomic E-state index is 13.0. The molecule has 0 radical (unpaired) electrons. The number of unbranched alkanes of at least 4 members (excludes halogenated alkanes) is 15. The molecule has 0 aromatic carbocycles. The van der Waals surface area contributed by atoms with Crippen LogP contribution in [-0.4, -0.2) is 62.2 Å². The summed E-state index contributed by atoms with van der Waals surface area (Å²) in [6.45, 7) is 19.9. The van der Waals surface area contributed by atoms with Crippen LogP contribution in [0.5, 0.6) is 0 Å². The number of hydrogen-bond donors (Lipinski definition) is 1. The standard InChI is InChI=1S/C44H87INO6/c1-11-14-17-19-20-23-27-32-39(51-41(48)52-44(8,9)45-37-46(10)36-42(4,5)43(6,7)49)33-28-24-21-22-25-29-34-50-40(47)35-38(30-16-13-3)31-26-18-15-12-2/h38-39,49H,11-37H2,1-10H3/q-1. The molecule has 0 saturated heterocycles. The Balaban J connectivity index is 4.61. The SMILES string of the molecule is CCCCCCCCCC(CCCCCCCCOC(=O)CC(CCCC)CCCCCC)OC(=O)OC(C)(C)[I-]CN(C)CC(C)(C)C(C)(C)O. The van der Waals surface area contributed by atoms with Gasteiger partial charge in [-0.05, 0) is 18.8 Å². The Morgan fingerprint density at radius 3 is 1.65 bits per heavy atom. The van der Waals surface area contributed by atoms with E-state index in [-0.39, 0.29) is 17.5 Å². The topological polar surface area (TPSA) is 85.3 Å². The van der Waals surface area contributed by atoms with Gasteiger partial charge in [-0.2, -0.15) is 0 Å². The third kappa shape index (κ3) is 28.8. The second-order valence-electron chi connectivity index (χ2n) is 17.3. The van der Waals surface area contributed by atoms with Crippen LogP contribution < -0.4 is 21.2 Å². The van der Waals surface area contributed by atoms with Crippen LogP contribution in [0.25, 0.3) is 0 Å². The summed E-state index contributed by atoms with van der Waals surface area (Å²) in [5.74, 6) is 0.472. The van der Waals surface area contributed by atoms with Crippen LogP contribution in [0.15, 0.2) is 0 Å². The fraction of sp³-hybridized carbons (Fsp3) is 0.955. The van der Waals surface area contributed by atoms with Crippen molar-refractivity contribution < 1.29 is 50.1 Å². The number of hydrogen-bond acceptors (Lipinski definition) is 7. The monoisotopic (exact) mass is 853 g/mol. The Kier molecular flexibility index (Phi) is 30.2. The predicted molar refractivity (Wildman–Crippen MR) is 215 cm³/mol. The van der Waals surface area contributed by atoms with E-state index in [1.807, 2.05) is 27.7 Å². The van der Waals surface area contributed by atoms with E-state index >= 15 is 0 Å². The van der Waals surface area contributed by atoms with E-state index in [4.69, 9.17) is 14.2 Å². The van der Waals surface area contributed by atoms with Crippen molar-refractivity contribution in [1.29, 1.82) is 0 Å². The molecule has 2 unspecified atom stereocenters. The van der Waals surface area contributed by atoms with E-state index in [1.54, 1.807) is 0 Å². The molecule has 0 spiro atoms. The van der Waals surface area contributed by atoms with Crippen molar-refractivity contribution in [2.75, 3.05) is 24.8 Å². The molecule has 0 aromatic rings. The Labute approximate surface area is 333 Å². The van der Waals surface area contributed by atoms with Gasteiger partial charge in [0, 0.05) is 6.42 Å². The summed E-state index contributed by atoms with van der Waals surface area (Å²) < 4.78 is 17.9. The number of halogens is 1. The van der Waals surface area contributed by atoms with Crippen molar-refractivity contribution in [1.82, 2.24) is 4.90 Å². The first kappa shape index (κ1) is 51.4. The summed E-state index contributed by atoms with van der Waals surface area (Å²) >= 11 is -0.480. The van der Waals surface area contributed by atoms with Crippen LogP contribution in [0.4, 0.5) is 4.79 Å². The van der Waals surface area contributed by atoms with E-state index in [0.717, 1.165) is 81.7 Å². The second kappa shape index (κ2) is 30.6. The van der Waals surface area contributed by atoms with Gasteiger partial charge in [-0.3, -0.25) is 4.79 Å². The normalized spacial score (nSPS) is 13.8. The molecular weight excluding hydrogens is 765 g/mol. The summed E-state index contributed by atoms with van der Waals surface area (Å²) in [5, 5.41) is 10.6. The van der Waals surface area contributed by atoms with Crippen molar-refractivity contribution in [2.24, 2.45) is 11.3 Å². The van der Waals surface area contributed by atoms with Gasteiger partial charge in [0.15, 0.2) is 0 Å². The molecule has 0 saturated carbocycles. The molecule has 2 atom stereocenters. The summed E-state index contributed by atoms with van der Waals surface area (Å²) in [6.07, 6.45) is 26.6. The molecule has 7 nitrogen and oxygen atoms in total. The molecular formula is C44H87INO6-. The Bertz CT molecular complexity index is 873. The van der Waals surface area contributed by atoms with E-state index in [2.05, 4.69) is 46.6 Å². The van der Waals surface area contributed by atoms with E-state index in [0.29, 0.717) is 18.9 Å². The zero-order valence-corrected chi connectivity index (χ0v) is 38.2. The molecule has 0 aromatic heterocycles. The first-order valence-corrected chi connectivity index (χ1v) is 24.2. The molecule has 0 aliphatic carbocycles. The van der Waals surface area contributed by atoms with Gasteiger partial charge in [0.25, 0.3) is 0 Å². The molecule has 312 valence electrons. The molecule has 0 aliphatic heterocycles. The van der Waals surface area contributed by atoms with Crippen molar-refractivity contribution in [3.05, 3.63) is 0 Å². The van der Waals surface area contributed by atoms with Crippen molar-refractivity contribution in [3.8, 4) is 0 Å². The first-order chi connectivity index (χ1) is 24.6.